The molecule has 30 heavy (non-hydrogen) atoms. The van der Waals surface area contributed by atoms with Gasteiger partial charge in [-0.1, -0.05) is 12.1 Å². The van der Waals surface area contributed by atoms with E-state index >= 15 is 0 Å². The molecule has 0 bridgehead atoms. The molecule has 6 heteroatoms. The van der Waals surface area contributed by atoms with Crippen LogP contribution < -0.4 is 10.1 Å². The molecule has 0 unspecified atom stereocenters. The van der Waals surface area contributed by atoms with Crippen LogP contribution in [0.15, 0.2) is 42.5 Å². The van der Waals surface area contributed by atoms with Gasteiger partial charge in [-0.15, -0.1) is 0 Å². The highest BCUT2D eigenvalue weighted by atomic mass is 19.1. The van der Waals surface area contributed by atoms with Crippen LogP contribution in [0.4, 0.5) is 8.78 Å². The lowest BCUT2D eigenvalue weighted by Crippen LogP contribution is -2.46. The fraction of sp³-hybridized carbons (Fsp3) is 0.375. The molecule has 0 aliphatic carbocycles. The Morgan fingerprint density at radius 1 is 1.10 bits per heavy atom. The van der Waals surface area contributed by atoms with Crippen molar-refractivity contribution in [3.8, 4) is 5.75 Å². The van der Waals surface area contributed by atoms with E-state index in [1.54, 1.807) is 17.0 Å². The van der Waals surface area contributed by atoms with Crippen LogP contribution >= 0.6 is 0 Å². The number of halogens is 2. The molecule has 2 heterocycles. The van der Waals surface area contributed by atoms with Gasteiger partial charge in [0.05, 0.1) is 0 Å². The number of hydrogen-bond donors (Lipinski definition) is 1. The van der Waals surface area contributed by atoms with Crippen LogP contribution in [0.3, 0.4) is 0 Å². The Balaban J connectivity index is 1.77. The molecular weight excluding hydrogens is 386 g/mol. The minimum absolute atomic E-state index is 0.0279. The Kier molecular flexibility index (Phi) is 5.60. The number of hydrogen-bond acceptors (Lipinski definition) is 3. The maximum Gasteiger partial charge on any atom is 0.253 e. The van der Waals surface area contributed by atoms with Crippen molar-refractivity contribution in [3.63, 3.8) is 0 Å². The molecule has 0 radical (unpaired) electrons. The van der Waals surface area contributed by atoms with Crippen molar-refractivity contribution in [2.75, 3.05) is 26.2 Å². The van der Waals surface area contributed by atoms with Gasteiger partial charge in [0.2, 0.25) is 0 Å². The third-order valence-electron chi connectivity index (χ3n) is 5.95. The fourth-order valence-electron chi connectivity index (χ4n) is 4.26. The van der Waals surface area contributed by atoms with Crippen molar-refractivity contribution in [1.82, 2.24) is 10.2 Å². The summed E-state index contributed by atoms with van der Waals surface area (Å²) in [6.07, 6.45) is 3.40. The first kappa shape index (κ1) is 20.5. The molecule has 2 aliphatic rings. The Labute approximate surface area is 175 Å². The number of piperidine rings is 1. The molecule has 1 N–H and O–H groups in total. The largest absolute Gasteiger partial charge is 0.479 e. The summed E-state index contributed by atoms with van der Waals surface area (Å²) in [5, 5.41) is 3.29. The van der Waals surface area contributed by atoms with Crippen molar-refractivity contribution in [1.29, 1.82) is 0 Å². The van der Waals surface area contributed by atoms with E-state index in [2.05, 4.69) is 5.32 Å². The third kappa shape index (κ3) is 3.72. The minimum atomic E-state index is -0.693. The SMILES string of the molecule is CCN(CC)C(=O)c1ccc(C2=CC3(CCNCC3)Oc3c(F)cc(F)cc32)cc1. The number of carbonyl (C=O) groups excluding carboxylic acids is 1. The molecule has 1 fully saturated rings. The second-order valence-electron chi connectivity index (χ2n) is 7.79. The molecule has 1 saturated heterocycles. The predicted octanol–water partition coefficient (Wildman–Crippen LogP) is 4.39. The summed E-state index contributed by atoms with van der Waals surface area (Å²) in [5.74, 6) is -1.27. The lowest BCUT2D eigenvalue weighted by atomic mass is 9.83. The molecule has 1 spiro atoms. The van der Waals surface area contributed by atoms with Gasteiger partial charge in [0.25, 0.3) is 5.91 Å². The van der Waals surface area contributed by atoms with E-state index in [9.17, 15) is 13.6 Å². The lowest BCUT2D eigenvalue weighted by molar-refractivity contribution is 0.0764. The van der Waals surface area contributed by atoms with Crippen molar-refractivity contribution in [2.24, 2.45) is 0 Å². The monoisotopic (exact) mass is 412 g/mol. The highest BCUT2D eigenvalue weighted by Gasteiger charge is 2.38. The Hall–Kier alpha value is -2.73. The quantitative estimate of drug-likeness (QED) is 0.810. The molecule has 158 valence electrons. The second-order valence-corrected chi connectivity index (χ2v) is 7.79. The van der Waals surface area contributed by atoms with Crippen molar-refractivity contribution in [2.45, 2.75) is 32.3 Å². The summed E-state index contributed by atoms with van der Waals surface area (Å²) >= 11 is 0. The molecular formula is C24H26F2N2O2. The zero-order chi connectivity index (χ0) is 21.3. The molecule has 2 aliphatic heterocycles. The molecule has 0 atom stereocenters. The molecule has 4 rings (SSSR count). The average molecular weight is 412 g/mol. The Morgan fingerprint density at radius 2 is 1.77 bits per heavy atom. The number of nitrogens with one attached hydrogen (secondary N) is 1. The summed E-state index contributed by atoms with van der Waals surface area (Å²) < 4.78 is 34.8. The number of nitrogens with zero attached hydrogens (tertiary/aromatic N) is 1. The van der Waals surface area contributed by atoms with Crippen LogP contribution in [0, 0.1) is 11.6 Å². The van der Waals surface area contributed by atoms with Gasteiger partial charge in [0.15, 0.2) is 11.6 Å². The molecule has 1 amide bonds. The maximum atomic E-state index is 14.6. The van der Waals surface area contributed by atoms with Gasteiger partial charge in [0.1, 0.15) is 11.4 Å². The number of ether oxygens (including phenoxy) is 1. The van der Waals surface area contributed by atoms with Gasteiger partial charge < -0.3 is 15.0 Å². The van der Waals surface area contributed by atoms with E-state index in [1.807, 2.05) is 32.1 Å². The summed E-state index contributed by atoms with van der Waals surface area (Å²) in [4.78, 5) is 14.4. The van der Waals surface area contributed by atoms with Gasteiger partial charge in [0, 0.05) is 43.1 Å². The molecule has 4 nitrogen and oxygen atoms in total. The first-order chi connectivity index (χ1) is 14.5. The fourth-order valence-corrected chi connectivity index (χ4v) is 4.26. The smallest absolute Gasteiger partial charge is 0.253 e. The highest BCUT2D eigenvalue weighted by Crippen LogP contribution is 2.44. The van der Waals surface area contributed by atoms with E-state index in [4.69, 9.17) is 4.74 Å². The summed E-state index contributed by atoms with van der Waals surface area (Å²) in [7, 11) is 0. The van der Waals surface area contributed by atoms with Gasteiger partial charge in [-0.25, -0.2) is 8.78 Å². The molecule has 0 saturated carbocycles. The predicted molar refractivity (Wildman–Crippen MR) is 113 cm³/mol. The summed E-state index contributed by atoms with van der Waals surface area (Å²) in [6, 6.07) is 9.41. The first-order valence-electron chi connectivity index (χ1n) is 10.5. The number of fused-ring (bicyclic) bond motifs is 1. The highest BCUT2D eigenvalue weighted by molar-refractivity contribution is 5.95. The molecule has 2 aromatic rings. The summed E-state index contributed by atoms with van der Waals surface area (Å²) in [5.41, 5.74) is 1.91. The van der Waals surface area contributed by atoms with Crippen LogP contribution in [0.1, 0.15) is 48.2 Å². The normalized spacial score (nSPS) is 17.1. The second kappa shape index (κ2) is 8.19. The molecule has 2 aromatic carbocycles. The van der Waals surface area contributed by atoms with Gasteiger partial charge in [-0.05, 0) is 62.3 Å². The zero-order valence-corrected chi connectivity index (χ0v) is 17.3. The number of benzene rings is 2. The van der Waals surface area contributed by atoms with E-state index in [-0.39, 0.29) is 11.7 Å². The zero-order valence-electron chi connectivity index (χ0n) is 17.3. The van der Waals surface area contributed by atoms with Crippen molar-refractivity contribution in [3.05, 3.63) is 70.8 Å². The average Bonchev–Trinajstić information content (AvgIpc) is 2.75. The van der Waals surface area contributed by atoms with E-state index in [0.717, 1.165) is 30.3 Å². The number of carbonyl (C=O) groups is 1. The summed E-state index contributed by atoms with van der Waals surface area (Å²) in [6.45, 7) is 6.70. The van der Waals surface area contributed by atoms with Crippen molar-refractivity contribution < 1.29 is 18.3 Å². The van der Waals surface area contributed by atoms with E-state index < -0.39 is 17.2 Å². The van der Waals surface area contributed by atoms with Crippen LogP contribution in [-0.2, 0) is 0 Å². The van der Waals surface area contributed by atoms with Crippen LogP contribution in [0.25, 0.3) is 5.57 Å². The minimum Gasteiger partial charge on any atom is -0.479 e. The number of rotatable bonds is 4. The first-order valence-corrected chi connectivity index (χ1v) is 10.5. The van der Waals surface area contributed by atoms with Gasteiger partial charge in [-0.3, -0.25) is 4.79 Å². The van der Waals surface area contributed by atoms with E-state index in [1.165, 1.54) is 6.07 Å². The van der Waals surface area contributed by atoms with Crippen LogP contribution in [0.2, 0.25) is 0 Å². The Bertz CT molecular complexity index is 975. The standard InChI is InChI=1S/C24H26F2N2O2/c1-3-28(4-2)23(29)17-7-5-16(6-8-17)20-15-24(9-11-27-12-10-24)30-22-19(20)13-18(25)14-21(22)26/h5-8,13-15,27H,3-4,9-12H2,1-2H3. The Morgan fingerprint density at radius 3 is 2.40 bits per heavy atom. The van der Waals surface area contributed by atoms with E-state index in [0.29, 0.717) is 37.1 Å². The van der Waals surface area contributed by atoms with Crippen molar-refractivity contribution >= 4 is 11.5 Å². The third-order valence-corrected chi connectivity index (χ3v) is 5.95. The number of amides is 1. The molecule has 0 aromatic heterocycles. The van der Waals surface area contributed by atoms with Gasteiger partial charge in [-0.2, -0.15) is 0 Å². The van der Waals surface area contributed by atoms with Crippen LogP contribution in [0.5, 0.6) is 5.75 Å². The maximum absolute atomic E-state index is 14.6. The lowest BCUT2D eigenvalue weighted by Gasteiger charge is -2.40. The van der Waals surface area contributed by atoms with Crippen LogP contribution in [-0.4, -0.2) is 42.6 Å². The topological polar surface area (TPSA) is 41.6 Å². The van der Waals surface area contributed by atoms with Gasteiger partial charge >= 0.3 is 0 Å².